The number of amides is 1. The number of carbonyl (C=O) groups is 1. The van der Waals surface area contributed by atoms with Crippen LogP contribution in [0.25, 0.3) is 0 Å². The molecular formula is C20H24ClF3N2O2. The van der Waals surface area contributed by atoms with Gasteiger partial charge in [-0.1, -0.05) is 24.3 Å². The lowest BCUT2D eigenvalue weighted by atomic mass is 9.98. The lowest BCUT2D eigenvalue weighted by Crippen LogP contribution is -2.25. The highest BCUT2D eigenvalue weighted by molar-refractivity contribution is 5.85. The van der Waals surface area contributed by atoms with Gasteiger partial charge in [0.1, 0.15) is 5.75 Å². The largest absolute Gasteiger partial charge is 0.416 e. The zero-order chi connectivity index (χ0) is 20.0. The summed E-state index contributed by atoms with van der Waals surface area (Å²) in [7, 11) is 5.02. The Kier molecular flexibility index (Phi) is 8.78. The summed E-state index contributed by atoms with van der Waals surface area (Å²) in [6.45, 7) is 0. The monoisotopic (exact) mass is 416 g/mol. The summed E-state index contributed by atoms with van der Waals surface area (Å²) in [6, 6.07) is 12.4. The highest BCUT2D eigenvalue weighted by Gasteiger charge is 2.29. The van der Waals surface area contributed by atoms with Gasteiger partial charge in [0.2, 0.25) is 0 Å². The molecule has 8 heteroatoms. The van der Waals surface area contributed by atoms with Crippen LogP contribution in [0.5, 0.6) is 5.75 Å². The van der Waals surface area contributed by atoms with E-state index in [-0.39, 0.29) is 18.4 Å². The Balaban J connectivity index is 0.00000392. The van der Waals surface area contributed by atoms with Crippen LogP contribution in [0, 0.1) is 0 Å². The second-order valence-electron chi connectivity index (χ2n) is 6.41. The second kappa shape index (κ2) is 10.3. The zero-order valence-electron chi connectivity index (χ0n) is 15.9. The number of hydrogen-bond acceptors (Lipinski definition) is 3. The van der Waals surface area contributed by atoms with Crippen molar-refractivity contribution >= 4 is 18.5 Å². The van der Waals surface area contributed by atoms with E-state index in [1.165, 1.54) is 17.0 Å². The molecule has 1 amide bonds. The predicted molar refractivity (Wildman–Crippen MR) is 105 cm³/mol. The van der Waals surface area contributed by atoms with Crippen molar-refractivity contribution in [3.05, 3.63) is 65.2 Å². The lowest BCUT2D eigenvalue weighted by molar-refractivity contribution is -0.137. The number of nitrogens with one attached hydrogen (secondary N) is 1. The molecule has 0 aliphatic heterocycles. The average Bonchev–Trinajstić information content (AvgIpc) is 2.62. The molecule has 1 N–H and O–H groups in total. The first-order valence-electron chi connectivity index (χ1n) is 8.53. The van der Waals surface area contributed by atoms with Crippen LogP contribution in [0.3, 0.4) is 0 Å². The molecule has 0 aromatic heterocycles. The van der Waals surface area contributed by atoms with Gasteiger partial charge < -0.3 is 15.0 Å². The van der Waals surface area contributed by atoms with Crippen molar-refractivity contribution in [3.8, 4) is 5.75 Å². The molecule has 0 bridgehead atoms. The van der Waals surface area contributed by atoms with E-state index in [2.05, 4.69) is 5.32 Å². The van der Waals surface area contributed by atoms with E-state index in [1.807, 2.05) is 13.1 Å². The molecule has 0 aliphatic rings. The van der Waals surface area contributed by atoms with Gasteiger partial charge in [0.15, 0.2) is 0 Å². The Morgan fingerprint density at radius 3 is 2.32 bits per heavy atom. The molecule has 1 atom stereocenters. The molecule has 0 heterocycles. The fraction of sp³-hybridized carbons (Fsp3) is 0.350. The van der Waals surface area contributed by atoms with Gasteiger partial charge in [-0.15, -0.1) is 12.4 Å². The quantitative estimate of drug-likeness (QED) is 0.713. The first kappa shape index (κ1) is 23.8. The molecule has 0 aliphatic carbocycles. The molecule has 0 radical (unpaired) electrons. The number of alkyl halides is 3. The fourth-order valence-corrected chi connectivity index (χ4v) is 2.64. The SMILES string of the molecule is CNC(CCc1ccc(C(F)(F)F)cc1)c1cccc(OC(=O)N(C)C)c1.Cl. The molecule has 28 heavy (non-hydrogen) atoms. The number of ether oxygens (including phenoxy) is 1. The summed E-state index contributed by atoms with van der Waals surface area (Å²) in [4.78, 5) is 13.0. The Hall–Kier alpha value is -2.25. The van der Waals surface area contributed by atoms with Crippen molar-refractivity contribution in [1.82, 2.24) is 10.2 Å². The van der Waals surface area contributed by atoms with Crippen LogP contribution in [0.4, 0.5) is 18.0 Å². The Labute approximate surface area is 169 Å². The fourth-order valence-electron chi connectivity index (χ4n) is 2.64. The highest BCUT2D eigenvalue weighted by atomic mass is 35.5. The Morgan fingerprint density at radius 2 is 1.79 bits per heavy atom. The maximum absolute atomic E-state index is 12.6. The molecule has 0 saturated carbocycles. The van der Waals surface area contributed by atoms with Crippen LogP contribution in [0.1, 0.15) is 29.2 Å². The van der Waals surface area contributed by atoms with E-state index in [9.17, 15) is 18.0 Å². The van der Waals surface area contributed by atoms with Gasteiger partial charge in [-0.05, 0) is 55.3 Å². The third-order valence-electron chi connectivity index (χ3n) is 4.18. The van der Waals surface area contributed by atoms with Gasteiger partial charge in [0.25, 0.3) is 0 Å². The minimum Gasteiger partial charge on any atom is -0.410 e. The minimum atomic E-state index is -4.32. The van der Waals surface area contributed by atoms with Crippen LogP contribution in [0.2, 0.25) is 0 Å². The predicted octanol–water partition coefficient (Wildman–Crippen LogP) is 5.08. The number of nitrogens with zero attached hydrogens (tertiary/aromatic N) is 1. The van der Waals surface area contributed by atoms with Crippen molar-refractivity contribution in [2.24, 2.45) is 0 Å². The third kappa shape index (κ3) is 6.73. The van der Waals surface area contributed by atoms with Gasteiger partial charge in [-0.3, -0.25) is 0 Å². The average molecular weight is 417 g/mol. The summed E-state index contributed by atoms with van der Waals surface area (Å²) < 4.78 is 43.2. The van der Waals surface area contributed by atoms with E-state index in [1.54, 1.807) is 32.3 Å². The minimum absolute atomic E-state index is 0. The normalized spacial score (nSPS) is 12.1. The van der Waals surface area contributed by atoms with E-state index in [4.69, 9.17) is 4.74 Å². The van der Waals surface area contributed by atoms with Crippen LogP contribution >= 0.6 is 12.4 Å². The number of rotatable bonds is 6. The Morgan fingerprint density at radius 1 is 1.14 bits per heavy atom. The number of carbonyl (C=O) groups excluding carboxylic acids is 1. The molecular weight excluding hydrogens is 393 g/mol. The van der Waals surface area contributed by atoms with Gasteiger partial charge in [0, 0.05) is 20.1 Å². The molecule has 154 valence electrons. The van der Waals surface area contributed by atoms with E-state index < -0.39 is 17.8 Å². The summed E-state index contributed by atoms with van der Waals surface area (Å²) in [5.41, 5.74) is 1.12. The molecule has 0 spiro atoms. The molecule has 2 rings (SSSR count). The van der Waals surface area contributed by atoms with Crippen molar-refractivity contribution in [3.63, 3.8) is 0 Å². The van der Waals surface area contributed by atoms with Gasteiger partial charge in [0.05, 0.1) is 5.56 Å². The van der Waals surface area contributed by atoms with Gasteiger partial charge in [-0.25, -0.2) is 4.79 Å². The standard InChI is InChI=1S/C20H23F3N2O2.ClH/c1-24-18(12-9-14-7-10-16(11-8-14)20(21,22)23)15-5-4-6-17(13-15)27-19(26)25(2)3;/h4-8,10-11,13,18,24H,9,12H2,1-3H3;1H. The molecule has 2 aromatic carbocycles. The number of aryl methyl sites for hydroxylation is 1. The number of hydrogen-bond donors (Lipinski definition) is 1. The van der Waals surface area contributed by atoms with Crippen molar-refractivity contribution in [2.75, 3.05) is 21.1 Å². The van der Waals surface area contributed by atoms with Crippen LogP contribution in [-0.2, 0) is 12.6 Å². The van der Waals surface area contributed by atoms with E-state index >= 15 is 0 Å². The maximum atomic E-state index is 12.6. The lowest BCUT2D eigenvalue weighted by Gasteiger charge is -2.18. The van der Waals surface area contributed by atoms with Gasteiger partial charge in [-0.2, -0.15) is 13.2 Å². The first-order chi connectivity index (χ1) is 12.7. The first-order valence-corrected chi connectivity index (χ1v) is 8.53. The summed E-state index contributed by atoms with van der Waals surface area (Å²) in [5.74, 6) is 0.445. The van der Waals surface area contributed by atoms with Crippen LogP contribution in [-0.4, -0.2) is 32.1 Å². The maximum Gasteiger partial charge on any atom is 0.416 e. The molecule has 0 saturated heterocycles. The summed E-state index contributed by atoms with van der Waals surface area (Å²) in [5, 5.41) is 3.20. The third-order valence-corrected chi connectivity index (χ3v) is 4.18. The van der Waals surface area contributed by atoms with Crippen molar-refractivity contribution in [1.29, 1.82) is 0 Å². The Bertz CT molecular complexity index is 765. The smallest absolute Gasteiger partial charge is 0.410 e. The van der Waals surface area contributed by atoms with Crippen molar-refractivity contribution < 1.29 is 22.7 Å². The number of halogens is 4. The molecule has 2 aromatic rings. The van der Waals surface area contributed by atoms with E-state index in [0.717, 1.165) is 23.3 Å². The van der Waals surface area contributed by atoms with E-state index in [0.29, 0.717) is 18.6 Å². The highest BCUT2D eigenvalue weighted by Crippen LogP contribution is 2.29. The van der Waals surface area contributed by atoms with Crippen LogP contribution in [0.15, 0.2) is 48.5 Å². The molecule has 1 unspecified atom stereocenters. The molecule has 4 nitrogen and oxygen atoms in total. The van der Waals surface area contributed by atoms with Crippen LogP contribution < -0.4 is 10.1 Å². The topological polar surface area (TPSA) is 41.6 Å². The number of benzene rings is 2. The van der Waals surface area contributed by atoms with Crippen molar-refractivity contribution in [2.45, 2.75) is 25.1 Å². The van der Waals surface area contributed by atoms with Gasteiger partial charge >= 0.3 is 12.3 Å². The summed E-state index contributed by atoms with van der Waals surface area (Å²) in [6.07, 6.45) is -3.48. The summed E-state index contributed by atoms with van der Waals surface area (Å²) >= 11 is 0. The zero-order valence-corrected chi connectivity index (χ0v) is 16.7. The second-order valence-corrected chi connectivity index (χ2v) is 6.41. The molecule has 0 fully saturated rings.